The number of hydrogen-bond donors (Lipinski definition) is 4. The number of pyridine rings is 1. The van der Waals surface area contributed by atoms with Crippen LogP contribution in [0.5, 0.6) is 0 Å². The number of carbonyl (C=O) groups excluding carboxylic acids is 2. The van der Waals surface area contributed by atoms with Gasteiger partial charge in [-0.1, -0.05) is 32.0 Å². The van der Waals surface area contributed by atoms with E-state index in [1.54, 1.807) is 48.7 Å². The predicted octanol–water partition coefficient (Wildman–Crippen LogP) is 2.88. The van der Waals surface area contributed by atoms with Gasteiger partial charge < -0.3 is 15.7 Å². The van der Waals surface area contributed by atoms with Gasteiger partial charge in [0.25, 0.3) is 0 Å². The second-order valence-electron chi connectivity index (χ2n) is 6.76. The number of nitrogens with one attached hydrogen (secondary N) is 3. The Balaban J connectivity index is 1.87. The summed E-state index contributed by atoms with van der Waals surface area (Å²) in [7, 11) is 0. The van der Waals surface area contributed by atoms with Crippen LogP contribution in [0.1, 0.15) is 25.8 Å². The highest BCUT2D eigenvalue weighted by Crippen LogP contribution is 2.12. The summed E-state index contributed by atoms with van der Waals surface area (Å²) >= 11 is 0. The topological polar surface area (TPSA) is 120 Å². The Morgan fingerprint density at radius 3 is 2.32 bits per heavy atom. The molecule has 4 N–H and O–H groups in total. The van der Waals surface area contributed by atoms with Crippen LogP contribution < -0.4 is 16.0 Å². The molecule has 0 bridgehead atoms. The maximum atomic E-state index is 12.1. The van der Waals surface area contributed by atoms with Gasteiger partial charge in [-0.25, -0.2) is 14.6 Å². The van der Waals surface area contributed by atoms with Gasteiger partial charge in [0.05, 0.1) is 6.42 Å². The van der Waals surface area contributed by atoms with Gasteiger partial charge in [0.15, 0.2) is 0 Å². The van der Waals surface area contributed by atoms with E-state index in [-0.39, 0.29) is 18.2 Å². The van der Waals surface area contributed by atoms with Gasteiger partial charge in [0.1, 0.15) is 11.9 Å². The summed E-state index contributed by atoms with van der Waals surface area (Å²) in [6.45, 7) is 3.80. The zero-order chi connectivity index (χ0) is 20.5. The van der Waals surface area contributed by atoms with Crippen molar-refractivity contribution >= 4 is 29.4 Å². The molecule has 1 atom stereocenters. The van der Waals surface area contributed by atoms with Crippen LogP contribution in [0, 0.1) is 5.92 Å². The first-order valence-electron chi connectivity index (χ1n) is 8.93. The van der Waals surface area contributed by atoms with E-state index in [0.717, 1.165) is 0 Å². The van der Waals surface area contributed by atoms with E-state index >= 15 is 0 Å². The van der Waals surface area contributed by atoms with Gasteiger partial charge in [-0.05, 0) is 42.2 Å². The monoisotopic (exact) mass is 384 g/mol. The number of aromatic nitrogens is 1. The van der Waals surface area contributed by atoms with E-state index in [4.69, 9.17) is 0 Å². The molecule has 1 aromatic carbocycles. The number of carboxylic acid groups (broad SMARTS) is 1. The second kappa shape index (κ2) is 10.1. The van der Waals surface area contributed by atoms with Crippen molar-refractivity contribution in [1.82, 2.24) is 10.3 Å². The highest BCUT2D eigenvalue weighted by Gasteiger charge is 2.21. The molecule has 148 valence electrons. The summed E-state index contributed by atoms with van der Waals surface area (Å²) < 4.78 is 0. The standard InChI is InChI=1S/C20H24N4O4/c1-13(2)11-16(19(26)27)23-18(25)12-14-6-8-15(9-7-14)22-20(28)24-17-5-3-4-10-21-17/h3-10,13,16H,11-12H2,1-2H3,(H,23,25)(H,26,27)(H2,21,22,24,28). The Labute approximate surface area is 163 Å². The number of carboxylic acids is 1. The third-order valence-electron chi connectivity index (χ3n) is 3.82. The molecule has 8 heteroatoms. The lowest BCUT2D eigenvalue weighted by Crippen LogP contribution is -2.42. The van der Waals surface area contributed by atoms with Crippen molar-refractivity contribution in [1.29, 1.82) is 0 Å². The van der Waals surface area contributed by atoms with E-state index in [0.29, 0.717) is 23.5 Å². The van der Waals surface area contributed by atoms with Gasteiger partial charge in [-0.3, -0.25) is 10.1 Å². The van der Waals surface area contributed by atoms with Crippen LogP contribution in [0.3, 0.4) is 0 Å². The SMILES string of the molecule is CC(C)CC(NC(=O)Cc1ccc(NC(=O)Nc2ccccn2)cc1)C(=O)O. The van der Waals surface area contributed by atoms with Crippen molar-refractivity contribution in [2.24, 2.45) is 5.92 Å². The Morgan fingerprint density at radius 1 is 1.04 bits per heavy atom. The Bertz CT molecular complexity index is 807. The molecule has 2 rings (SSSR count). The minimum Gasteiger partial charge on any atom is -0.480 e. The zero-order valence-electron chi connectivity index (χ0n) is 15.8. The number of urea groups is 1. The average molecular weight is 384 g/mol. The molecule has 3 amide bonds. The molecule has 28 heavy (non-hydrogen) atoms. The van der Waals surface area contributed by atoms with Crippen LogP contribution in [0.25, 0.3) is 0 Å². The normalized spacial score (nSPS) is 11.5. The summed E-state index contributed by atoms with van der Waals surface area (Å²) in [6.07, 6.45) is 2.00. The number of benzene rings is 1. The Kier molecular flexibility index (Phi) is 7.50. The molecule has 1 unspecified atom stereocenters. The quantitative estimate of drug-likeness (QED) is 0.558. The molecule has 2 aromatic rings. The summed E-state index contributed by atoms with van der Waals surface area (Å²) in [6, 6.07) is 10.6. The summed E-state index contributed by atoms with van der Waals surface area (Å²) in [4.78, 5) is 39.3. The van der Waals surface area contributed by atoms with Crippen LogP contribution in [-0.2, 0) is 16.0 Å². The minimum atomic E-state index is -1.04. The molecule has 0 saturated carbocycles. The van der Waals surface area contributed by atoms with Crippen molar-refractivity contribution in [3.63, 3.8) is 0 Å². The lowest BCUT2D eigenvalue weighted by molar-refractivity contribution is -0.142. The fraction of sp³-hybridized carbons (Fsp3) is 0.300. The summed E-state index contributed by atoms with van der Waals surface area (Å²) in [5, 5.41) is 17.0. The van der Waals surface area contributed by atoms with Gasteiger partial charge in [0.2, 0.25) is 5.91 Å². The summed E-state index contributed by atoms with van der Waals surface area (Å²) in [5.41, 5.74) is 1.27. The van der Waals surface area contributed by atoms with Crippen LogP contribution in [0.15, 0.2) is 48.7 Å². The average Bonchev–Trinajstić information content (AvgIpc) is 2.63. The molecule has 1 heterocycles. The molecule has 0 aliphatic rings. The fourth-order valence-electron chi connectivity index (χ4n) is 2.54. The number of hydrogen-bond acceptors (Lipinski definition) is 4. The molecule has 0 fully saturated rings. The molecule has 8 nitrogen and oxygen atoms in total. The zero-order valence-corrected chi connectivity index (χ0v) is 15.8. The number of aliphatic carboxylic acids is 1. The molecular weight excluding hydrogens is 360 g/mol. The molecular formula is C20H24N4O4. The van der Waals surface area contributed by atoms with E-state index in [2.05, 4.69) is 20.9 Å². The van der Waals surface area contributed by atoms with E-state index in [1.807, 2.05) is 13.8 Å². The van der Waals surface area contributed by atoms with Crippen LogP contribution in [0.2, 0.25) is 0 Å². The van der Waals surface area contributed by atoms with Gasteiger partial charge in [-0.2, -0.15) is 0 Å². The first-order chi connectivity index (χ1) is 13.3. The molecule has 0 aliphatic carbocycles. The number of anilines is 2. The molecule has 0 aliphatic heterocycles. The van der Waals surface area contributed by atoms with Crippen molar-refractivity contribution in [3.8, 4) is 0 Å². The predicted molar refractivity (Wildman–Crippen MR) is 106 cm³/mol. The van der Waals surface area contributed by atoms with E-state index in [9.17, 15) is 19.5 Å². The van der Waals surface area contributed by atoms with E-state index in [1.165, 1.54) is 0 Å². The molecule has 0 saturated heterocycles. The fourth-order valence-corrected chi connectivity index (χ4v) is 2.54. The van der Waals surface area contributed by atoms with Crippen LogP contribution in [0.4, 0.5) is 16.3 Å². The van der Waals surface area contributed by atoms with Crippen molar-refractivity contribution in [2.75, 3.05) is 10.6 Å². The first-order valence-corrected chi connectivity index (χ1v) is 8.93. The van der Waals surface area contributed by atoms with Gasteiger partial charge >= 0.3 is 12.0 Å². The van der Waals surface area contributed by atoms with Crippen molar-refractivity contribution < 1.29 is 19.5 Å². The highest BCUT2D eigenvalue weighted by molar-refractivity contribution is 5.99. The number of amides is 3. The molecule has 0 radical (unpaired) electrons. The lowest BCUT2D eigenvalue weighted by atomic mass is 10.0. The molecule has 0 spiro atoms. The van der Waals surface area contributed by atoms with Crippen LogP contribution in [-0.4, -0.2) is 34.0 Å². The van der Waals surface area contributed by atoms with Gasteiger partial charge in [-0.15, -0.1) is 0 Å². The van der Waals surface area contributed by atoms with E-state index < -0.39 is 18.0 Å². The minimum absolute atomic E-state index is 0.0578. The van der Waals surface area contributed by atoms with Crippen LogP contribution >= 0.6 is 0 Å². The summed E-state index contributed by atoms with van der Waals surface area (Å²) in [5.74, 6) is -0.811. The Hall–Kier alpha value is -3.42. The largest absolute Gasteiger partial charge is 0.480 e. The highest BCUT2D eigenvalue weighted by atomic mass is 16.4. The number of rotatable bonds is 8. The number of nitrogens with zero attached hydrogens (tertiary/aromatic N) is 1. The Morgan fingerprint density at radius 2 is 1.75 bits per heavy atom. The number of carbonyl (C=O) groups is 3. The third-order valence-corrected chi connectivity index (χ3v) is 3.82. The third kappa shape index (κ3) is 7.06. The maximum absolute atomic E-state index is 12.1. The first kappa shape index (κ1) is 20.9. The second-order valence-corrected chi connectivity index (χ2v) is 6.76. The van der Waals surface area contributed by atoms with Crippen molar-refractivity contribution in [2.45, 2.75) is 32.7 Å². The smallest absolute Gasteiger partial charge is 0.326 e. The maximum Gasteiger partial charge on any atom is 0.326 e. The van der Waals surface area contributed by atoms with Gasteiger partial charge in [0, 0.05) is 11.9 Å². The lowest BCUT2D eigenvalue weighted by Gasteiger charge is -2.16. The van der Waals surface area contributed by atoms with Crippen molar-refractivity contribution in [3.05, 3.63) is 54.2 Å². The molecule has 1 aromatic heterocycles.